The van der Waals surface area contributed by atoms with E-state index >= 15 is 0 Å². The fourth-order valence-corrected chi connectivity index (χ4v) is 1.80. The van der Waals surface area contributed by atoms with Crippen LogP contribution in [0.5, 0.6) is 0 Å². The molecule has 4 heteroatoms. The molecule has 0 atom stereocenters. The van der Waals surface area contributed by atoms with Gasteiger partial charge in [0.2, 0.25) is 0 Å². The lowest BCUT2D eigenvalue weighted by atomic mass is 10.1. The van der Waals surface area contributed by atoms with Crippen molar-refractivity contribution < 1.29 is 5.11 Å². The maximum absolute atomic E-state index is 9.17. The lowest BCUT2D eigenvalue weighted by Crippen LogP contribution is -2.22. The van der Waals surface area contributed by atoms with Crippen LogP contribution < -0.4 is 10.2 Å². The van der Waals surface area contributed by atoms with Gasteiger partial charge < -0.3 is 15.3 Å². The van der Waals surface area contributed by atoms with Crippen molar-refractivity contribution in [3.8, 4) is 6.07 Å². The summed E-state index contributed by atoms with van der Waals surface area (Å²) in [6.45, 7) is 4.50. The SMILES string of the molecule is CCCNCc1ccc(N(C)CCO)c(C#N)c1. The number of nitrogens with one attached hydrogen (secondary N) is 1. The van der Waals surface area contributed by atoms with Gasteiger partial charge in [-0.2, -0.15) is 5.26 Å². The average molecular weight is 247 g/mol. The molecule has 0 bridgehead atoms. The van der Waals surface area contributed by atoms with Gasteiger partial charge in [0.1, 0.15) is 6.07 Å². The second-order valence-electron chi connectivity index (χ2n) is 4.29. The van der Waals surface area contributed by atoms with Crippen LogP contribution in [0.2, 0.25) is 0 Å². The number of nitriles is 1. The van der Waals surface area contributed by atoms with Crippen molar-refractivity contribution >= 4 is 5.69 Å². The van der Waals surface area contributed by atoms with E-state index < -0.39 is 0 Å². The Hall–Kier alpha value is -1.57. The van der Waals surface area contributed by atoms with E-state index in [1.165, 1.54) is 0 Å². The summed E-state index contributed by atoms with van der Waals surface area (Å²) < 4.78 is 0. The summed E-state index contributed by atoms with van der Waals surface area (Å²) in [6, 6.07) is 8.09. The molecular weight excluding hydrogens is 226 g/mol. The molecule has 0 radical (unpaired) electrons. The van der Waals surface area contributed by atoms with Gasteiger partial charge in [-0.3, -0.25) is 0 Å². The van der Waals surface area contributed by atoms with E-state index in [0.29, 0.717) is 12.1 Å². The third-order valence-corrected chi connectivity index (χ3v) is 2.78. The van der Waals surface area contributed by atoms with Gasteiger partial charge in [0.25, 0.3) is 0 Å². The van der Waals surface area contributed by atoms with Crippen LogP contribution >= 0.6 is 0 Å². The Morgan fingerprint density at radius 3 is 2.83 bits per heavy atom. The number of hydrogen-bond donors (Lipinski definition) is 2. The van der Waals surface area contributed by atoms with Crippen LogP contribution in [0.1, 0.15) is 24.5 Å². The zero-order valence-electron chi connectivity index (χ0n) is 11.1. The molecule has 98 valence electrons. The largest absolute Gasteiger partial charge is 0.395 e. The maximum atomic E-state index is 9.17. The fraction of sp³-hybridized carbons (Fsp3) is 0.500. The van der Waals surface area contributed by atoms with Gasteiger partial charge in [-0.1, -0.05) is 13.0 Å². The third-order valence-electron chi connectivity index (χ3n) is 2.78. The average Bonchev–Trinajstić information content (AvgIpc) is 2.39. The fourth-order valence-electron chi connectivity index (χ4n) is 1.80. The topological polar surface area (TPSA) is 59.3 Å². The second kappa shape index (κ2) is 7.70. The molecule has 0 fully saturated rings. The van der Waals surface area contributed by atoms with E-state index in [0.717, 1.165) is 30.8 Å². The molecule has 0 amide bonds. The Balaban J connectivity index is 2.80. The second-order valence-corrected chi connectivity index (χ2v) is 4.29. The maximum Gasteiger partial charge on any atom is 0.101 e. The molecule has 1 aromatic rings. The molecule has 1 aromatic carbocycles. The van der Waals surface area contributed by atoms with Gasteiger partial charge in [0.15, 0.2) is 0 Å². The van der Waals surface area contributed by atoms with Crippen molar-refractivity contribution in [3.63, 3.8) is 0 Å². The lowest BCUT2D eigenvalue weighted by molar-refractivity contribution is 0.304. The first-order valence-electron chi connectivity index (χ1n) is 6.28. The molecule has 18 heavy (non-hydrogen) atoms. The van der Waals surface area contributed by atoms with Crippen LogP contribution in [0.3, 0.4) is 0 Å². The van der Waals surface area contributed by atoms with E-state index in [9.17, 15) is 5.26 Å². The molecule has 0 aliphatic heterocycles. The molecule has 0 unspecified atom stereocenters. The molecular formula is C14H21N3O. The van der Waals surface area contributed by atoms with Crippen molar-refractivity contribution in [1.82, 2.24) is 5.32 Å². The first-order valence-corrected chi connectivity index (χ1v) is 6.28. The predicted octanol–water partition coefficient (Wildman–Crippen LogP) is 1.49. The predicted molar refractivity (Wildman–Crippen MR) is 73.5 cm³/mol. The number of aliphatic hydroxyl groups is 1. The first kappa shape index (κ1) is 14.5. The summed E-state index contributed by atoms with van der Waals surface area (Å²) in [6.07, 6.45) is 1.10. The van der Waals surface area contributed by atoms with Crippen molar-refractivity contribution in [3.05, 3.63) is 29.3 Å². The number of benzene rings is 1. The van der Waals surface area contributed by atoms with Crippen LogP contribution in [0.15, 0.2) is 18.2 Å². The summed E-state index contributed by atoms with van der Waals surface area (Å²) >= 11 is 0. The lowest BCUT2D eigenvalue weighted by Gasteiger charge is -2.19. The molecule has 2 N–H and O–H groups in total. The van der Waals surface area contributed by atoms with E-state index in [1.807, 2.05) is 30.1 Å². The minimum absolute atomic E-state index is 0.0845. The van der Waals surface area contributed by atoms with Gasteiger partial charge in [0, 0.05) is 20.1 Å². The van der Waals surface area contributed by atoms with Gasteiger partial charge in [-0.05, 0) is 30.7 Å². The number of anilines is 1. The van der Waals surface area contributed by atoms with Crippen LogP contribution in [0, 0.1) is 11.3 Å². The van der Waals surface area contributed by atoms with Crippen LogP contribution in [0.4, 0.5) is 5.69 Å². The van der Waals surface area contributed by atoms with Crippen LogP contribution in [-0.4, -0.2) is 31.9 Å². The smallest absolute Gasteiger partial charge is 0.101 e. The molecule has 0 aliphatic rings. The normalized spacial score (nSPS) is 10.1. The van der Waals surface area contributed by atoms with Gasteiger partial charge in [-0.25, -0.2) is 0 Å². The Morgan fingerprint density at radius 2 is 2.22 bits per heavy atom. The number of hydrogen-bond acceptors (Lipinski definition) is 4. The quantitative estimate of drug-likeness (QED) is 0.717. The van der Waals surface area contributed by atoms with E-state index in [4.69, 9.17) is 5.11 Å². The van der Waals surface area contributed by atoms with Crippen molar-refractivity contribution in [1.29, 1.82) is 5.26 Å². The Labute approximate surface area is 109 Å². The van der Waals surface area contributed by atoms with Crippen LogP contribution in [-0.2, 0) is 6.54 Å². The minimum atomic E-state index is 0.0845. The number of likely N-dealkylation sites (N-methyl/N-ethyl adjacent to an activating group) is 1. The Morgan fingerprint density at radius 1 is 1.44 bits per heavy atom. The zero-order chi connectivity index (χ0) is 13.4. The van der Waals surface area contributed by atoms with Crippen molar-refractivity contribution in [2.75, 3.05) is 31.6 Å². The summed E-state index contributed by atoms with van der Waals surface area (Å²) in [7, 11) is 1.88. The first-order chi connectivity index (χ1) is 8.72. The third kappa shape index (κ3) is 4.02. The van der Waals surface area contributed by atoms with E-state index in [-0.39, 0.29) is 6.61 Å². The molecule has 0 spiro atoms. The van der Waals surface area contributed by atoms with E-state index in [1.54, 1.807) is 0 Å². The highest BCUT2D eigenvalue weighted by Crippen LogP contribution is 2.20. The summed E-state index contributed by atoms with van der Waals surface area (Å²) in [5.41, 5.74) is 2.63. The number of rotatable bonds is 7. The zero-order valence-corrected chi connectivity index (χ0v) is 11.1. The summed E-state index contributed by atoms with van der Waals surface area (Å²) in [5.74, 6) is 0. The van der Waals surface area contributed by atoms with Gasteiger partial charge in [0.05, 0.1) is 17.9 Å². The van der Waals surface area contributed by atoms with Crippen molar-refractivity contribution in [2.24, 2.45) is 0 Å². The summed E-state index contributed by atoms with van der Waals surface area (Å²) in [5, 5.41) is 21.4. The Bertz CT molecular complexity index is 412. The molecule has 0 aromatic heterocycles. The van der Waals surface area contributed by atoms with Gasteiger partial charge >= 0.3 is 0 Å². The minimum Gasteiger partial charge on any atom is -0.395 e. The number of aliphatic hydroxyl groups excluding tert-OH is 1. The standard InChI is InChI=1S/C14H21N3O/c1-3-6-16-11-12-4-5-14(13(9-12)10-15)17(2)7-8-18/h4-5,9,16,18H,3,6-8,11H2,1-2H3. The Kier molecular flexibility index (Phi) is 6.20. The highest BCUT2D eigenvalue weighted by Gasteiger charge is 2.07. The molecule has 0 saturated carbocycles. The monoisotopic (exact) mass is 247 g/mol. The highest BCUT2D eigenvalue weighted by molar-refractivity contribution is 5.60. The molecule has 4 nitrogen and oxygen atoms in total. The summed E-state index contributed by atoms with van der Waals surface area (Å²) in [4.78, 5) is 1.89. The molecule has 0 saturated heterocycles. The molecule has 1 rings (SSSR count). The van der Waals surface area contributed by atoms with Crippen molar-refractivity contribution in [2.45, 2.75) is 19.9 Å². The highest BCUT2D eigenvalue weighted by atomic mass is 16.3. The molecule has 0 heterocycles. The van der Waals surface area contributed by atoms with Crippen LogP contribution in [0.25, 0.3) is 0 Å². The number of nitrogens with zero attached hydrogens (tertiary/aromatic N) is 2. The molecule has 0 aliphatic carbocycles. The van der Waals surface area contributed by atoms with E-state index in [2.05, 4.69) is 18.3 Å². The van der Waals surface area contributed by atoms with Gasteiger partial charge in [-0.15, -0.1) is 0 Å².